The molecule has 31 heavy (non-hydrogen) atoms. The van der Waals surface area contributed by atoms with Gasteiger partial charge in [-0.3, -0.25) is 4.79 Å². The van der Waals surface area contributed by atoms with Gasteiger partial charge >= 0.3 is 0 Å². The molecule has 2 aromatic carbocycles. The van der Waals surface area contributed by atoms with Crippen LogP contribution in [-0.4, -0.2) is 43.6 Å². The number of benzene rings is 2. The van der Waals surface area contributed by atoms with Crippen molar-refractivity contribution in [1.82, 2.24) is 24.6 Å². The summed E-state index contributed by atoms with van der Waals surface area (Å²) in [5.41, 5.74) is 3.64. The van der Waals surface area contributed by atoms with Crippen LogP contribution < -0.4 is 0 Å². The molecule has 1 saturated heterocycles. The van der Waals surface area contributed by atoms with Crippen molar-refractivity contribution in [3.63, 3.8) is 0 Å². The number of likely N-dealkylation sites (tertiary alicyclic amines) is 1. The van der Waals surface area contributed by atoms with Crippen LogP contribution in [0.3, 0.4) is 0 Å². The SMILES string of the molecule is O=C(c1cnn(-c2ccccc2)c1)N1CCC(c2ccnc(-c3ccccc3)n2)CC1. The summed E-state index contributed by atoms with van der Waals surface area (Å²) in [5.74, 6) is 1.12. The fourth-order valence-electron chi connectivity index (χ4n) is 4.04. The lowest BCUT2D eigenvalue weighted by molar-refractivity contribution is 0.0712. The molecule has 0 radical (unpaired) electrons. The first-order valence-corrected chi connectivity index (χ1v) is 10.6. The molecule has 5 rings (SSSR count). The molecule has 4 aromatic rings. The lowest BCUT2D eigenvalue weighted by atomic mass is 9.93. The number of aromatic nitrogens is 4. The van der Waals surface area contributed by atoms with E-state index >= 15 is 0 Å². The van der Waals surface area contributed by atoms with Gasteiger partial charge in [-0.1, -0.05) is 48.5 Å². The third kappa shape index (κ3) is 4.10. The predicted octanol–water partition coefficient (Wildman–Crippen LogP) is 4.35. The molecule has 0 unspecified atom stereocenters. The highest BCUT2D eigenvalue weighted by Crippen LogP contribution is 2.28. The second kappa shape index (κ2) is 8.52. The van der Waals surface area contributed by atoms with Gasteiger partial charge in [0.2, 0.25) is 0 Å². The molecule has 0 aliphatic carbocycles. The topological polar surface area (TPSA) is 63.9 Å². The van der Waals surface area contributed by atoms with Crippen LogP contribution in [0.4, 0.5) is 0 Å². The van der Waals surface area contributed by atoms with E-state index in [2.05, 4.69) is 10.1 Å². The van der Waals surface area contributed by atoms with Gasteiger partial charge in [0, 0.05) is 42.7 Å². The van der Waals surface area contributed by atoms with Crippen LogP contribution in [0.1, 0.15) is 34.8 Å². The van der Waals surface area contributed by atoms with E-state index in [-0.39, 0.29) is 5.91 Å². The van der Waals surface area contributed by atoms with E-state index in [0.29, 0.717) is 24.6 Å². The van der Waals surface area contributed by atoms with Crippen LogP contribution in [0.2, 0.25) is 0 Å². The highest BCUT2D eigenvalue weighted by Gasteiger charge is 2.26. The van der Waals surface area contributed by atoms with Crippen LogP contribution in [0.25, 0.3) is 17.1 Å². The number of hydrogen-bond acceptors (Lipinski definition) is 4. The molecule has 0 spiro atoms. The maximum absolute atomic E-state index is 13.0. The van der Waals surface area contributed by atoms with Crippen molar-refractivity contribution >= 4 is 5.91 Å². The summed E-state index contributed by atoms with van der Waals surface area (Å²) in [7, 11) is 0. The number of para-hydroxylation sites is 1. The Morgan fingerprint density at radius 1 is 0.903 bits per heavy atom. The number of piperidine rings is 1. The van der Waals surface area contributed by atoms with E-state index in [1.165, 1.54) is 0 Å². The van der Waals surface area contributed by atoms with Crippen molar-refractivity contribution < 1.29 is 4.79 Å². The van der Waals surface area contributed by atoms with Gasteiger partial charge in [-0.2, -0.15) is 5.10 Å². The number of carbonyl (C=O) groups is 1. The minimum absolute atomic E-state index is 0.0355. The van der Waals surface area contributed by atoms with Gasteiger partial charge < -0.3 is 4.90 Å². The number of rotatable bonds is 4. The number of nitrogens with zero attached hydrogens (tertiary/aromatic N) is 5. The van der Waals surface area contributed by atoms with Gasteiger partial charge in [0.05, 0.1) is 17.4 Å². The molecule has 6 nitrogen and oxygen atoms in total. The summed E-state index contributed by atoms with van der Waals surface area (Å²) in [6.45, 7) is 1.43. The molecular formula is C25H23N5O. The minimum Gasteiger partial charge on any atom is -0.339 e. The molecule has 0 bridgehead atoms. The quantitative estimate of drug-likeness (QED) is 0.503. The van der Waals surface area contributed by atoms with Crippen molar-refractivity contribution in [2.45, 2.75) is 18.8 Å². The molecule has 3 heterocycles. The van der Waals surface area contributed by atoms with Crippen molar-refractivity contribution in [1.29, 1.82) is 0 Å². The molecule has 0 saturated carbocycles. The molecule has 1 aliphatic rings. The summed E-state index contributed by atoms with van der Waals surface area (Å²) in [6, 6.07) is 21.8. The highest BCUT2D eigenvalue weighted by atomic mass is 16.2. The van der Waals surface area contributed by atoms with E-state index in [0.717, 1.165) is 35.6 Å². The van der Waals surface area contributed by atoms with Crippen LogP contribution in [0.15, 0.2) is 85.3 Å². The average molecular weight is 409 g/mol. The normalized spacial score (nSPS) is 14.5. The van der Waals surface area contributed by atoms with Crippen molar-refractivity contribution in [3.8, 4) is 17.1 Å². The molecule has 1 aliphatic heterocycles. The maximum atomic E-state index is 13.0. The smallest absolute Gasteiger partial charge is 0.257 e. The van der Waals surface area contributed by atoms with E-state index < -0.39 is 0 Å². The molecule has 0 atom stereocenters. The van der Waals surface area contributed by atoms with Crippen LogP contribution in [-0.2, 0) is 0 Å². The Kier molecular flexibility index (Phi) is 5.27. The molecule has 1 amide bonds. The van der Waals surface area contributed by atoms with Gasteiger partial charge in [0.25, 0.3) is 5.91 Å². The third-order valence-corrected chi connectivity index (χ3v) is 5.76. The van der Waals surface area contributed by atoms with Crippen molar-refractivity contribution in [2.24, 2.45) is 0 Å². The second-order valence-electron chi connectivity index (χ2n) is 7.75. The molecule has 154 valence electrons. The fraction of sp³-hybridized carbons (Fsp3) is 0.200. The van der Waals surface area contributed by atoms with Gasteiger partial charge in [-0.15, -0.1) is 0 Å². The van der Waals surface area contributed by atoms with E-state index in [9.17, 15) is 4.79 Å². The molecular weight excluding hydrogens is 386 g/mol. The molecule has 2 aromatic heterocycles. The molecule has 6 heteroatoms. The Labute approximate surface area is 181 Å². The molecule has 1 fully saturated rings. The summed E-state index contributed by atoms with van der Waals surface area (Å²) in [6.07, 6.45) is 7.08. The Hall–Kier alpha value is -3.80. The predicted molar refractivity (Wildman–Crippen MR) is 119 cm³/mol. The zero-order chi connectivity index (χ0) is 21.0. The Morgan fingerprint density at radius 2 is 1.61 bits per heavy atom. The summed E-state index contributed by atoms with van der Waals surface area (Å²) in [5, 5.41) is 4.36. The summed E-state index contributed by atoms with van der Waals surface area (Å²) >= 11 is 0. The largest absolute Gasteiger partial charge is 0.339 e. The number of carbonyl (C=O) groups excluding carboxylic acids is 1. The van der Waals surface area contributed by atoms with Crippen LogP contribution in [0.5, 0.6) is 0 Å². The highest BCUT2D eigenvalue weighted by molar-refractivity contribution is 5.93. The standard InChI is InChI=1S/C25H23N5O/c31-25(21-17-27-30(18-21)22-9-5-2-6-10-22)29-15-12-19(13-16-29)23-11-14-26-24(28-23)20-7-3-1-4-8-20/h1-11,14,17-19H,12-13,15-16H2. The second-order valence-corrected chi connectivity index (χ2v) is 7.75. The monoisotopic (exact) mass is 409 g/mol. The summed E-state index contributed by atoms with van der Waals surface area (Å²) in [4.78, 5) is 24.1. The van der Waals surface area contributed by atoms with E-state index in [1.807, 2.05) is 77.8 Å². The average Bonchev–Trinajstić information content (AvgIpc) is 3.35. The lowest BCUT2D eigenvalue weighted by Crippen LogP contribution is -2.38. The van der Waals surface area contributed by atoms with E-state index in [1.54, 1.807) is 17.1 Å². The number of amides is 1. The van der Waals surface area contributed by atoms with Gasteiger partial charge in [0.1, 0.15) is 0 Å². The van der Waals surface area contributed by atoms with Crippen molar-refractivity contribution in [2.75, 3.05) is 13.1 Å². The fourth-order valence-corrected chi connectivity index (χ4v) is 4.04. The number of hydrogen-bond donors (Lipinski definition) is 0. The van der Waals surface area contributed by atoms with E-state index in [4.69, 9.17) is 4.98 Å². The summed E-state index contributed by atoms with van der Waals surface area (Å²) < 4.78 is 1.74. The first kappa shape index (κ1) is 19.2. The minimum atomic E-state index is 0.0355. The Morgan fingerprint density at radius 3 is 2.35 bits per heavy atom. The van der Waals surface area contributed by atoms with Gasteiger partial charge in [-0.25, -0.2) is 14.6 Å². The maximum Gasteiger partial charge on any atom is 0.257 e. The van der Waals surface area contributed by atoms with Crippen LogP contribution >= 0.6 is 0 Å². The Balaban J connectivity index is 1.25. The Bertz CT molecular complexity index is 1160. The lowest BCUT2D eigenvalue weighted by Gasteiger charge is -2.31. The van der Waals surface area contributed by atoms with Gasteiger partial charge in [-0.05, 0) is 31.0 Å². The van der Waals surface area contributed by atoms with Crippen molar-refractivity contribution in [3.05, 3.63) is 96.6 Å². The first-order chi connectivity index (χ1) is 15.3. The first-order valence-electron chi connectivity index (χ1n) is 10.6. The zero-order valence-electron chi connectivity index (χ0n) is 17.1. The third-order valence-electron chi connectivity index (χ3n) is 5.76. The molecule has 0 N–H and O–H groups in total. The van der Waals surface area contributed by atoms with Gasteiger partial charge in [0.15, 0.2) is 5.82 Å². The van der Waals surface area contributed by atoms with Crippen LogP contribution in [0, 0.1) is 0 Å². The zero-order valence-corrected chi connectivity index (χ0v) is 17.1.